The number of carbonyl (C=O) groups is 3. The maximum absolute atomic E-state index is 13.4. The molecule has 0 atom stereocenters. The number of piperazine rings is 1. The maximum atomic E-state index is 13.4. The Morgan fingerprint density at radius 1 is 0.923 bits per heavy atom. The predicted molar refractivity (Wildman–Crippen MR) is 158 cm³/mol. The quantitative estimate of drug-likeness (QED) is 0.300. The van der Waals surface area contributed by atoms with Gasteiger partial charge in [-0.2, -0.15) is 0 Å². The van der Waals surface area contributed by atoms with Crippen molar-refractivity contribution >= 4 is 63.6 Å². The Bertz CT molecular complexity index is 1450. The van der Waals surface area contributed by atoms with Crippen LogP contribution in [-0.4, -0.2) is 59.6 Å². The number of benzene rings is 3. The first-order valence-electron chi connectivity index (χ1n) is 12.6. The van der Waals surface area contributed by atoms with Gasteiger partial charge in [-0.15, -0.1) is 0 Å². The molecule has 3 aromatic rings. The van der Waals surface area contributed by atoms with Gasteiger partial charge in [0.15, 0.2) is 11.0 Å². The zero-order valence-electron chi connectivity index (χ0n) is 21.4. The largest absolute Gasteiger partial charge is 0.368 e. The predicted octanol–water partition coefficient (Wildman–Crippen LogP) is 5.37. The van der Waals surface area contributed by atoms with Gasteiger partial charge < -0.3 is 9.80 Å². The fraction of sp³-hybridized carbons (Fsp3) is 0.200. The van der Waals surface area contributed by atoms with Crippen LogP contribution in [0.5, 0.6) is 0 Å². The standard InChI is InChI=1S/C30H27ClN4O3S/c1-21(36)23-10-12-25(13-11-23)33-14-16-34(17-15-33)28(37)20-39-30-32-27(19-22-6-5-7-24(31)18-22)29(38)35(30)26-8-3-2-4-9-26/h2-13,18-19H,14-17,20H2,1H3. The first-order chi connectivity index (χ1) is 18.9. The number of anilines is 2. The number of hydrogen-bond acceptors (Lipinski definition) is 6. The Morgan fingerprint density at radius 2 is 1.64 bits per heavy atom. The molecule has 2 amide bonds. The molecule has 0 aromatic heterocycles. The van der Waals surface area contributed by atoms with Gasteiger partial charge in [0.25, 0.3) is 5.91 Å². The van der Waals surface area contributed by atoms with Gasteiger partial charge in [0.1, 0.15) is 5.70 Å². The highest BCUT2D eigenvalue weighted by Crippen LogP contribution is 2.30. The van der Waals surface area contributed by atoms with E-state index in [1.807, 2.05) is 71.6 Å². The number of nitrogens with zero attached hydrogens (tertiary/aromatic N) is 4. The molecule has 7 nitrogen and oxygen atoms in total. The van der Waals surface area contributed by atoms with E-state index in [1.54, 1.807) is 30.0 Å². The highest BCUT2D eigenvalue weighted by Gasteiger charge is 2.33. The fourth-order valence-corrected chi connectivity index (χ4v) is 5.60. The van der Waals surface area contributed by atoms with Crippen LogP contribution in [-0.2, 0) is 9.59 Å². The average Bonchev–Trinajstić information content (AvgIpc) is 3.26. The average molecular weight is 559 g/mol. The van der Waals surface area contributed by atoms with Crippen molar-refractivity contribution in [3.63, 3.8) is 0 Å². The molecule has 5 rings (SSSR count). The summed E-state index contributed by atoms with van der Waals surface area (Å²) in [6, 6.07) is 24.1. The molecule has 0 unspecified atom stereocenters. The molecule has 198 valence electrons. The molecule has 0 saturated carbocycles. The minimum atomic E-state index is -0.250. The normalized spacial score (nSPS) is 16.6. The Hall–Kier alpha value is -3.88. The SMILES string of the molecule is CC(=O)c1ccc(N2CCN(C(=O)CSC3=NC(=Cc4cccc(Cl)c4)C(=O)N3c3ccccc3)CC2)cc1. The molecule has 0 spiro atoms. The molecular weight excluding hydrogens is 532 g/mol. The summed E-state index contributed by atoms with van der Waals surface area (Å²) in [6.45, 7) is 4.17. The molecular formula is C30H27ClN4O3S. The van der Waals surface area contributed by atoms with Crippen LogP contribution in [0.15, 0.2) is 89.6 Å². The van der Waals surface area contributed by atoms with E-state index in [2.05, 4.69) is 9.89 Å². The molecule has 0 radical (unpaired) electrons. The Kier molecular flexibility index (Phi) is 8.14. The molecule has 2 aliphatic rings. The highest BCUT2D eigenvalue weighted by molar-refractivity contribution is 8.14. The summed E-state index contributed by atoms with van der Waals surface area (Å²) in [5, 5.41) is 1.05. The van der Waals surface area contributed by atoms with Gasteiger partial charge in [-0.3, -0.25) is 19.3 Å². The van der Waals surface area contributed by atoms with Crippen LogP contribution < -0.4 is 9.80 Å². The second kappa shape index (κ2) is 11.9. The summed E-state index contributed by atoms with van der Waals surface area (Å²) in [6.07, 6.45) is 1.71. The van der Waals surface area contributed by atoms with E-state index >= 15 is 0 Å². The van der Waals surface area contributed by atoms with Crippen LogP contribution in [0.2, 0.25) is 5.02 Å². The van der Waals surface area contributed by atoms with E-state index in [0.29, 0.717) is 53.3 Å². The number of amides is 2. The third-order valence-corrected chi connectivity index (χ3v) is 7.75. The highest BCUT2D eigenvalue weighted by atomic mass is 35.5. The van der Waals surface area contributed by atoms with E-state index < -0.39 is 0 Å². The van der Waals surface area contributed by atoms with Gasteiger partial charge >= 0.3 is 0 Å². The van der Waals surface area contributed by atoms with Crippen LogP contribution in [0.25, 0.3) is 6.08 Å². The van der Waals surface area contributed by atoms with E-state index in [0.717, 1.165) is 11.3 Å². The van der Waals surface area contributed by atoms with Gasteiger partial charge in [-0.05, 0) is 67.1 Å². The minimum Gasteiger partial charge on any atom is -0.368 e. The fourth-order valence-electron chi connectivity index (χ4n) is 4.49. The molecule has 1 saturated heterocycles. The zero-order chi connectivity index (χ0) is 27.4. The van der Waals surface area contributed by atoms with Crippen LogP contribution in [0.3, 0.4) is 0 Å². The number of Topliss-reactive ketones (excluding diaryl/α,β-unsaturated/α-hetero) is 1. The van der Waals surface area contributed by atoms with Crippen LogP contribution in [0.1, 0.15) is 22.8 Å². The monoisotopic (exact) mass is 558 g/mol. The smallest absolute Gasteiger partial charge is 0.283 e. The molecule has 0 bridgehead atoms. The molecule has 0 aliphatic carbocycles. The number of hydrogen-bond donors (Lipinski definition) is 0. The second-order valence-electron chi connectivity index (χ2n) is 9.21. The number of halogens is 1. The summed E-state index contributed by atoms with van der Waals surface area (Å²) in [7, 11) is 0. The number of amidine groups is 1. The minimum absolute atomic E-state index is 0.00186. The number of rotatable bonds is 6. The second-order valence-corrected chi connectivity index (χ2v) is 10.6. The van der Waals surface area contributed by atoms with E-state index in [4.69, 9.17) is 11.6 Å². The summed E-state index contributed by atoms with van der Waals surface area (Å²) in [4.78, 5) is 48.2. The van der Waals surface area contributed by atoms with Crippen LogP contribution in [0, 0.1) is 0 Å². The Labute approximate surface area is 236 Å². The first kappa shape index (κ1) is 26.7. The van der Waals surface area contributed by atoms with Gasteiger partial charge in [0.2, 0.25) is 5.91 Å². The van der Waals surface area contributed by atoms with Crippen molar-refractivity contribution in [2.75, 3.05) is 41.7 Å². The van der Waals surface area contributed by atoms with Crippen molar-refractivity contribution in [3.05, 3.63) is 101 Å². The molecule has 39 heavy (non-hydrogen) atoms. The van der Waals surface area contributed by atoms with Crippen molar-refractivity contribution in [2.45, 2.75) is 6.92 Å². The van der Waals surface area contributed by atoms with Gasteiger partial charge in [-0.1, -0.05) is 53.7 Å². The van der Waals surface area contributed by atoms with Gasteiger partial charge in [-0.25, -0.2) is 4.99 Å². The number of para-hydroxylation sites is 1. The Morgan fingerprint density at radius 3 is 2.31 bits per heavy atom. The molecule has 1 fully saturated rings. The van der Waals surface area contributed by atoms with Crippen molar-refractivity contribution in [3.8, 4) is 0 Å². The lowest BCUT2D eigenvalue weighted by Gasteiger charge is -2.36. The van der Waals surface area contributed by atoms with Crippen LogP contribution in [0.4, 0.5) is 11.4 Å². The summed E-state index contributed by atoms with van der Waals surface area (Å²) >= 11 is 7.38. The number of aliphatic imine (C=N–C) groups is 1. The molecule has 9 heteroatoms. The van der Waals surface area contributed by atoms with Crippen molar-refractivity contribution in [1.29, 1.82) is 0 Å². The van der Waals surface area contributed by atoms with E-state index in [1.165, 1.54) is 11.8 Å². The number of ketones is 1. The lowest BCUT2D eigenvalue weighted by Crippen LogP contribution is -2.49. The van der Waals surface area contributed by atoms with Crippen molar-refractivity contribution < 1.29 is 14.4 Å². The number of carbonyl (C=O) groups excluding carboxylic acids is 3. The maximum Gasteiger partial charge on any atom is 0.283 e. The third kappa shape index (κ3) is 6.24. The lowest BCUT2D eigenvalue weighted by molar-refractivity contribution is -0.128. The summed E-state index contributed by atoms with van der Waals surface area (Å²) < 4.78 is 0. The zero-order valence-corrected chi connectivity index (χ0v) is 23.0. The first-order valence-corrected chi connectivity index (χ1v) is 14.0. The summed E-state index contributed by atoms with van der Waals surface area (Å²) in [5.74, 6) is -0.0313. The molecule has 3 aromatic carbocycles. The summed E-state index contributed by atoms with van der Waals surface area (Å²) in [5.41, 5.74) is 3.49. The molecule has 0 N–H and O–H groups in total. The van der Waals surface area contributed by atoms with E-state index in [9.17, 15) is 14.4 Å². The third-order valence-electron chi connectivity index (χ3n) is 6.59. The lowest BCUT2D eigenvalue weighted by atomic mass is 10.1. The van der Waals surface area contributed by atoms with Crippen molar-refractivity contribution in [1.82, 2.24) is 4.90 Å². The van der Waals surface area contributed by atoms with E-state index in [-0.39, 0.29) is 23.4 Å². The van der Waals surface area contributed by atoms with Gasteiger partial charge in [0, 0.05) is 42.5 Å². The van der Waals surface area contributed by atoms with Crippen LogP contribution >= 0.6 is 23.4 Å². The molecule has 2 heterocycles. The van der Waals surface area contributed by atoms with Crippen molar-refractivity contribution in [2.24, 2.45) is 4.99 Å². The Balaban J connectivity index is 1.25. The van der Waals surface area contributed by atoms with Gasteiger partial charge in [0.05, 0.1) is 11.4 Å². The topological polar surface area (TPSA) is 73.3 Å². The number of thioether (sulfide) groups is 1. The molecule has 2 aliphatic heterocycles.